The Morgan fingerprint density at radius 1 is 1.53 bits per heavy atom. The van der Waals surface area contributed by atoms with E-state index < -0.39 is 0 Å². The molecule has 5 heteroatoms. The molecule has 1 aromatic heterocycles. The topological polar surface area (TPSA) is 64.2 Å². The van der Waals surface area contributed by atoms with Gasteiger partial charge in [-0.15, -0.1) is 0 Å². The third-order valence-electron chi connectivity index (χ3n) is 3.86. The van der Waals surface area contributed by atoms with E-state index in [0.29, 0.717) is 6.54 Å². The van der Waals surface area contributed by atoms with Crippen molar-refractivity contribution in [3.63, 3.8) is 0 Å². The Bertz CT molecular complexity index is 452. The molecule has 2 N–H and O–H groups in total. The lowest BCUT2D eigenvalue weighted by Gasteiger charge is -2.38. The van der Waals surface area contributed by atoms with Crippen LogP contribution in [0.15, 0.2) is 6.07 Å². The van der Waals surface area contributed by atoms with E-state index in [0.717, 1.165) is 37.2 Å². The summed E-state index contributed by atoms with van der Waals surface area (Å²) in [5.41, 5.74) is 7.99. The second-order valence-electron chi connectivity index (χ2n) is 5.59. The van der Waals surface area contributed by atoms with Gasteiger partial charge in [0.1, 0.15) is 6.54 Å². The molecule has 106 valence electrons. The zero-order chi connectivity index (χ0) is 14.0. The molecule has 0 spiro atoms. The number of carbonyl (C=O) groups is 1. The first-order valence-electron chi connectivity index (χ1n) is 7.05. The molecule has 0 bridgehead atoms. The van der Waals surface area contributed by atoms with Gasteiger partial charge in [0.2, 0.25) is 5.91 Å². The smallest absolute Gasteiger partial charge is 0.244 e. The first-order chi connectivity index (χ1) is 8.99. The lowest BCUT2D eigenvalue weighted by Crippen LogP contribution is -2.52. The monoisotopic (exact) mass is 264 g/mol. The lowest BCUT2D eigenvalue weighted by atomic mass is 9.97. The van der Waals surface area contributed by atoms with Crippen molar-refractivity contribution in [2.45, 2.75) is 58.7 Å². The average molecular weight is 264 g/mol. The molecular formula is C14H24N4O. The van der Waals surface area contributed by atoms with E-state index >= 15 is 0 Å². The van der Waals surface area contributed by atoms with E-state index in [1.165, 1.54) is 0 Å². The minimum absolute atomic E-state index is 0.0321. The molecule has 1 amide bonds. The third-order valence-corrected chi connectivity index (χ3v) is 3.86. The van der Waals surface area contributed by atoms with Gasteiger partial charge in [0.05, 0.1) is 5.69 Å². The van der Waals surface area contributed by atoms with E-state index in [4.69, 9.17) is 5.73 Å². The van der Waals surface area contributed by atoms with Gasteiger partial charge in [-0.25, -0.2) is 0 Å². The quantitative estimate of drug-likeness (QED) is 0.893. The van der Waals surface area contributed by atoms with Crippen molar-refractivity contribution in [1.82, 2.24) is 14.7 Å². The van der Waals surface area contributed by atoms with Gasteiger partial charge in [0.25, 0.3) is 0 Å². The number of likely N-dealkylation sites (tertiary alicyclic amines) is 1. The number of amides is 1. The highest BCUT2D eigenvalue weighted by Crippen LogP contribution is 2.19. The molecule has 19 heavy (non-hydrogen) atoms. The second-order valence-corrected chi connectivity index (χ2v) is 5.59. The predicted octanol–water partition coefficient (Wildman–Crippen LogP) is 1.23. The summed E-state index contributed by atoms with van der Waals surface area (Å²) in [4.78, 5) is 14.4. The van der Waals surface area contributed by atoms with Crippen LogP contribution in [0, 0.1) is 13.8 Å². The first kappa shape index (κ1) is 14.1. The van der Waals surface area contributed by atoms with Crippen molar-refractivity contribution in [2.75, 3.05) is 6.54 Å². The molecule has 1 aliphatic rings. The van der Waals surface area contributed by atoms with Gasteiger partial charge in [-0.05, 0) is 46.1 Å². The van der Waals surface area contributed by atoms with Crippen molar-refractivity contribution < 1.29 is 4.79 Å². The maximum absolute atomic E-state index is 12.5. The summed E-state index contributed by atoms with van der Waals surface area (Å²) in [5, 5.41) is 4.35. The molecule has 1 aliphatic heterocycles. The zero-order valence-corrected chi connectivity index (χ0v) is 12.1. The summed E-state index contributed by atoms with van der Waals surface area (Å²) in [6, 6.07) is 2.20. The molecule has 5 nitrogen and oxygen atoms in total. The van der Waals surface area contributed by atoms with Gasteiger partial charge in [-0.3, -0.25) is 9.48 Å². The van der Waals surface area contributed by atoms with Gasteiger partial charge in [0, 0.05) is 24.3 Å². The molecule has 1 aromatic rings. The zero-order valence-electron chi connectivity index (χ0n) is 12.1. The highest BCUT2D eigenvalue weighted by Gasteiger charge is 2.29. The van der Waals surface area contributed by atoms with Crippen LogP contribution in [-0.2, 0) is 11.3 Å². The van der Waals surface area contributed by atoms with Gasteiger partial charge in [-0.1, -0.05) is 0 Å². The summed E-state index contributed by atoms with van der Waals surface area (Å²) in [6.45, 7) is 7.05. The molecule has 2 rings (SSSR count). The molecule has 2 heterocycles. The third kappa shape index (κ3) is 3.15. The molecule has 0 saturated carbocycles. The predicted molar refractivity (Wildman–Crippen MR) is 74.7 cm³/mol. The number of nitrogens with two attached hydrogens (primary N) is 1. The normalized spacial score (nSPS) is 21.5. The Balaban J connectivity index is 2.07. The minimum atomic E-state index is 0.0321. The van der Waals surface area contributed by atoms with Crippen molar-refractivity contribution in [3.05, 3.63) is 17.5 Å². The van der Waals surface area contributed by atoms with E-state index in [-0.39, 0.29) is 18.0 Å². The van der Waals surface area contributed by atoms with Crippen LogP contribution in [0.1, 0.15) is 37.6 Å². The number of hydrogen-bond donors (Lipinski definition) is 1. The van der Waals surface area contributed by atoms with Crippen LogP contribution in [0.2, 0.25) is 0 Å². The Labute approximate surface area is 114 Å². The molecule has 0 radical (unpaired) electrons. The average Bonchev–Trinajstić information content (AvgIpc) is 2.67. The fourth-order valence-corrected chi connectivity index (χ4v) is 2.87. The van der Waals surface area contributed by atoms with Crippen LogP contribution in [0.3, 0.4) is 0 Å². The summed E-state index contributed by atoms with van der Waals surface area (Å²) in [7, 11) is 0. The number of hydrogen-bond acceptors (Lipinski definition) is 3. The van der Waals surface area contributed by atoms with Crippen LogP contribution in [0.5, 0.6) is 0 Å². The van der Waals surface area contributed by atoms with Crippen molar-refractivity contribution >= 4 is 5.91 Å². The maximum Gasteiger partial charge on any atom is 0.244 e. The standard InChI is InChI=1S/C14H24N4O/c1-10-8-11(2)18(16-10)9-14(19)17-7-5-4-6-13(17)12(3)15/h8,12-13H,4-7,9,15H2,1-3H3. The first-order valence-corrected chi connectivity index (χ1v) is 7.05. The van der Waals surface area contributed by atoms with Crippen molar-refractivity contribution in [1.29, 1.82) is 0 Å². The van der Waals surface area contributed by atoms with E-state index in [1.54, 1.807) is 4.68 Å². The number of rotatable bonds is 3. The van der Waals surface area contributed by atoms with Gasteiger partial charge in [-0.2, -0.15) is 5.10 Å². The number of aryl methyl sites for hydroxylation is 2. The Morgan fingerprint density at radius 3 is 2.84 bits per heavy atom. The summed E-state index contributed by atoms with van der Waals surface area (Å²) in [5.74, 6) is 0.133. The van der Waals surface area contributed by atoms with Crippen LogP contribution < -0.4 is 5.73 Å². The van der Waals surface area contributed by atoms with Gasteiger partial charge < -0.3 is 10.6 Å². The molecule has 1 saturated heterocycles. The van der Waals surface area contributed by atoms with Crippen LogP contribution in [0.25, 0.3) is 0 Å². The summed E-state index contributed by atoms with van der Waals surface area (Å²) < 4.78 is 1.78. The van der Waals surface area contributed by atoms with Crippen molar-refractivity contribution in [2.24, 2.45) is 5.73 Å². The number of aromatic nitrogens is 2. The Kier molecular flexibility index (Phi) is 4.24. The molecular weight excluding hydrogens is 240 g/mol. The minimum Gasteiger partial charge on any atom is -0.337 e. The fourth-order valence-electron chi connectivity index (χ4n) is 2.87. The van der Waals surface area contributed by atoms with Gasteiger partial charge >= 0.3 is 0 Å². The Hall–Kier alpha value is -1.36. The Morgan fingerprint density at radius 2 is 2.26 bits per heavy atom. The molecule has 0 aromatic carbocycles. The summed E-state index contributed by atoms with van der Waals surface area (Å²) in [6.07, 6.45) is 3.25. The molecule has 2 atom stereocenters. The van der Waals surface area contributed by atoms with Crippen molar-refractivity contribution in [3.8, 4) is 0 Å². The van der Waals surface area contributed by atoms with E-state index in [2.05, 4.69) is 5.10 Å². The largest absolute Gasteiger partial charge is 0.337 e. The van der Waals surface area contributed by atoms with Crippen LogP contribution in [-0.4, -0.2) is 39.2 Å². The SMILES string of the molecule is Cc1cc(C)n(CC(=O)N2CCCCC2C(C)N)n1. The molecule has 2 unspecified atom stereocenters. The maximum atomic E-state index is 12.5. The number of carbonyl (C=O) groups excluding carboxylic acids is 1. The highest BCUT2D eigenvalue weighted by molar-refractivity contribution is 5.76. The summed E-state index contributed by atoms with van der Waals surface area (Å²) >= 11 is 0. The highest BCUT2D eigenvalue weighted by atomic mass is 16.2. The van der Waals surface area contributed by atoms with E-state index in [9.17, 15) is 4.79 Å². The number of nitrogens with zero attached hydrogens (tertiary/aromatic N) is 3. The van der Waals surface area contributed by atoms with E-state index in [1.807, 2.05) is 31.7 Å². The molecule has 1 fully saturated rings. The number of piperidine rings is 1. The molecule has 0 aliphatic carbocycles. The van der Waals surface area contributed by atoms with Crippen LogP contribution >= 0.6 is 0 Å². The fraction of sp³-hybridized carbons (Fsp3) is 0.714. The second kappa shape index (κ2) is 5.74. The van der Waals surface area contributed by atoms with Gasteiger partial charge in [0.15, 0.2) is 0 Å². The lowest BCUT2D eigenvalue weighted by molar-refractivity contribution is -0.136. The van der Waals surface area contributed by atoms with Crippen LogP contribution in [0.4, 0.5) is 0 Å².